The second kappa shape index (κ2) is 7.17. The van der Waals surface area contributed by atoms with Crippen molar-refractivity contribution < 1.29 is 4.79 Å². The zero-order valence-electron chi connectivity index (χ0n) is 11.8. The molecule has 0 heterocycles. The second-order valence-electron chi connectivity index (χ2n) is 5.44. The van der Waals surface area contributed by atoms with Crippen molar-refractivity contribution in [3.63, 3.8) is 0 Å². The molecule has 3 heteroatoms. The van der Waals surface area contributed by atoms with Gasteiger partial charge in [-0.2, -0.15) is 0 Å². The fourth-order valence-electron chi connectivity index (χ4n) is 2.57. The minimum Gasteiger partial charge on any atom is -0.335 e. The standard InChI is InChI=1S/C16H24N2O/c1-18(13-12-14-8-4-2-5-9-14)16(19)17-15-10-6-3-7-11-15/h2,4-5,8-9,15H,3,6-7,10-13H2,1H3,(H,17,19). The summed E-state index contributed by atoms with van der Waals surface area (Å²) in [6.45, 7) is 0.766. The first-order valence-electron chi connectivity index (χ1n) is 7.31. The number of urea groups is 1. The van der Waals surface area contributed by atoms with E-state index in [-0.39, 0.29) is 6.03 Å². The van der Waals surface area contributed by atoms with Crippen LogP contribution >= 0.6 is 0 Å². The van der Waals surface area contributed by atoms with Crippen LogP contribution in [0.4, 0.5) is 4.79 Å². The van der Waals surface area contributed by atoms with Gasteiger partial charge in [0.2, 0.25) is 0 Å². The molecule has 2 rings (SSSR count). The van der Waals surface area contributed by atoms with Gasteiger partial charge in [-0.05, 0) is 24.8 Å². The van der Waals surface area contributed by atoms with Crippen LogP contribution < -0.4 is 5.32 Å². The Balaban J connectivity index is 1.72. The van der Waals surface area contributed by atoms with Crippen LogP contribution in [0.5, 0.6) is 0 Å². The minimum absolute atomic E-state index is 0.0721. The molecule has 104 valence electrons. The molecule has 0 unspecified atom stereocenters. The average molecular weight is 260 g/mol. The maximum Gasteiger partial charge on any atom is 0.317 e. The van der Waals surface area contributed by atoms with Crippen molar-refractivity contribution in [2.45, 2.75) is 44.6 Å². The van der Waals surface area contributed by atoms with E-state index in [0.717, 1.165) is 25.8 Å². The van der Waals surface area contributed by atoms with Crippen molar-refractivity contribution in [2.24, 2.45) is 0 Å². The Morgan fingerprint density at radius 3 is 2.58 bits per heavy atom. The molecule has 2 amide bonds. The summed E-state index contributed by atoms with van der Waals surface area (Å²) in [7, 11) is 1.88. The minimum atomic E-state index is 0.0721. The average Bonchev–Trinajstić information content (AvgIpc) is 2.47. The van der Waals surface area contributed by atoms with Crippen LogP contribution in [0.3, 0.4) is 0 Å². The second-order valence-corrected chi connectivity index (χ2v) is 5.44. The number of benzene rings is 1. The highest BCUT2D eigenvalue weighted by atomic mass is 16.2. The summed E-state index contributed by atoms with van der Waals surface area (Å²) in [6, 6.07) is 10.8. The molecule has 1 aliphatic carbocycles. The van der Waals surface area contributed by atoms with Crippen LogP contribution in [-0.4, -0.2) is 30.6 Å². The van der Waals surface area contributed by atoms with Gasteiger partial charge in [0.1, 0.15) is 0 Å². The lowest BCUT2D eigenvalue weighted by molar-refractivity contribution is 0.201. The molecule has 0 saturated heterocycles. The summed E-state index contributed by atoms with van der Waals surface area (Å²) >= 11 is 0. The summed E-state index contributed by atoms with van der Waals surface area (Å²) in [4.78, 5) is 13.8. The molecule has 19 heavy (non-hydrogen) atoms. The zero-order chi connectivity index (χ0) is 13.5. The SMILES string of the molecule is CN(CCc1ccccc1)C(=O)NC1CCCCC1. The third-order valence-corrected chi connectivity index (χ3v) is 3.86. The molecule has 0 spiro atoms. The Morgan fingerprint density at radius 2 is 1.89 bits per heavy atom. The number of hydrogen-bond donors (Lipinski definition) is 1. The predicted octanol–water partition coefficient (Wildman–Crippen LogP) is 3.20. The molecule has 0 aromatic heterocycles. The first-order chi connectivity index (χ1) is 9.25. The molecule has 1 aromatic carbocycles. The van der Waals surface area contributed by atoms with Crippen LogP contribution in [0.1, 0.15) is 37.7 Å². The Bertz CT molecular complexity index is 385. The van der Waals surface area contributed by atoms with E-state index in [1.807, 2.05) is 25.2 Å². The highest BCUT2D eigenvalue weighted by Gasteiger charge is 2.17. The molecule has 0 aliphatic heterocycles. The first-order valence-corrected chi connectivity index (χ1v) is 7.31. The van der Waals surface area contributed by atoms with Gasteiger partial charge >= 0.3 is 6.03 Å². The third-order valence-electron chi connectivity index (χ3n) is 3.86. The molecule has 0 atom stereocenters. The predicted molar refractivity (Wildman–Crippen MR) is 78.2 cm³/mol. The van der Waals surface area contributed by atoms with Crippen molar-refractivity contribution in [3.8, 4) is 0 Å². The summed E-state index contributed by atoms with van der Waals surface area (Å²) in [6.07, 6.45) is 7.00. The molecule has 1 aromatic rings. The Labute approximate surface area is 116 Å². The summed E-state index contributed by atoms with van der Waals surface area (Å²) in [5, 5.41) is 3.14. The maximum atomic E-state index is 12.0. The van der Waals surface area contributed by atoms with Crippen LogP contribution in [0.2, 0.25) is 0 Å². The largest absolute Gasteiger partial charge is 0.335 e. The molecule has 0 radical (unpaired) electrons. The van der Waals surface area contributed by atoms with E-state index in [4.69, 9.17) is 0 Å². The van der Waals surface area contributed by atoms with Gasteiger partial charge in [0.25, 0.3) is 0 Å². The Morgan fingerprint density at radius 1 is 1.21 bits per heavy atom. The number of hydrogen-bond acceptors (Lipinski definition) is 1. The van der Waals surface area contributed by atoms with Gasteiger partial charge in [0, 0.05) is 19.6 Å². The Kier molecular flexibility index (Phi) is 5.25. The summed E-state index contributed by atoms with van der Waals surface area (Å²) in [5.41, 5.74) is 1.28. The third kappa shape index (κ3) is 4.58. The van der Waals surface area contributed by atoms with Crippen molar-refractivity contribution >= 4 is 6.03 Å². The fourth-order valence-corrected chi connectivity index (χ4v) is 2.57. The lowest BCUT2D eigenvalue weighted by Gasteiger charge is -2.26. The van der Waals surface area contributed by atoms with Crippen molar-refractivity contribution in [2.75, 3.05) is 13.6 Å². The number of amides is 2. The molecular weight excluding hydrogens is 236 g/mol. The normalized spacial score (nSPS) is 16.1. The van der Waals surface area contributed by atoms with E-state index >= 15 is 0 Å². The van der Waals surface area contributed by atoms with Crippen LogP contribution in [0.15, 0.2) is 30.3 Å². The fraction of sp³-hybridized carbons (Fsp3) is 0.562. The van der Waals surface area contributed by atoms with Gasteiger partial charge in [0.05, 0.1) is 0 Å². The van der Waals surface area contributed by atoms with Crippen LogP contribution in [-0.2, 0) is 6.42 Å². The first kappa shape index (κ1) is 13.9. The van der Waals surface area contributed by atoms with Crippen molar-refractivity contribution in [1.29, 1.82) is 0 Å². The molecule has 3 nitrogen and oxygen atoms in total. The van der Waals surface area contributed by atoms with E-state index < -0.39 is 0 Å². The summed E-state index contributed by atoms with van der Waals surface area (Å²) < 4.78 is 0. The number of carbonyl (C=O) groups excluding carboxylic acids is 1. The van der Waals surface area contributed by atoms with E-state index in [1.165, 1.54) is 24.8 Å². The van der Waals surface area contributed by atoms with Gasteiger partial charge in [-0.25, -0.2) is 4.79 Å². The van der Waals surface area contributed by atoms with Crippen LogP contribution in [0, 0.1) is 0 Å². The zero-order valence-corrected chi connectivity index (χ0v) is 11.8. The lowest BCUT2D eigenvalue weighted by Crippen LogP contribution is -2.44. The molecule has 1 fully saturated rings. The Hall–Kier alpha value is -1.51. The monoisotopic (exact) mass is 260 g/mol. The molecule has 1 saturated carbocycles. The molecule has 0 bridgehead atoms. The number of nitrogens with one attached hydrogen (secondary N) is 1. The van der Waals surface area contributed by atoms with Gasteiger partial charge < -0.3 is 10.2 Å². The smallest absolute Gasteiger partial charge is 0.317 e. The van der Waals surface area contributed by atoms with Crippen molar-refractivity contribution in [1.82, 2.24) is 10.2 Å². The van der Waals surface area contributed by atoms with Gasteiger partial charge in [-0.15, -0.1) is 0 Å². The topological polar surface area (TPSA) is 32.3 Å². The maximum absolute atomic E-state index is 12.0. The van der Waals surface area contributed by atoms with Crippen LogP contribution in [0.25, 0.3) is 0 Å². The van der Waals surface area contributed by atoms with Crippen molar-refractivity contribution in [3.05, 3.63) is 35.9 Å². The number of rotatable bonds is 4. The molecular formula is C16H24N2O. The van der Waals surface area contributed by atoms with Gasteiger partial charge in [0.15, 0.2) is 0 Å². The number of likely N-dealkylation sites (N-methyl/N-ethyl adjacent to an activating group) is 1. The van der Waals surface area contributed by atoms with E-state index in [2.05, 4.69) is 17.4 Å². The highest BCUT2D eigenvalue weighted by Crippen LogP contribution is 2.17. The quantitative estimate of drug-likeness (QED) is 0.886. The van der Waals surface area contributed by atoms with E-state index in [0.29, 0.717) is 6.04 Å². The highest BCUT2D eigenvalue weighted by molar-refractivity contribution is 5.74. The summed E-state index contributed by atoms with van der Waals surface area (Å²) in [5.74, 6) is 0. The van der Waals surface area contributed by atoms with Gasteiger partial charge in [-0.1, -0.05) is 49.6 Å². The van der Waals surface area contributed by atoms with E-state index in [9.17, 15) is 4.79 Å². The van der Waals surface area contributed by atoms with Gasteiger partial charge in [-0.3, -0.25) is 0 Å². The number of carbonyl (C=O) groups is 1. The van der Waals surface area contributed by atoms with E-state index in [1.54, 1.807) is 4.90 Å². The molecule has 1 aliphatic rings. The number of nitrogens with zero attached hydrogens (tertiary/aromatic N) is 1. The lowest BCUT2D eigenvalue weighted by atomic mass is 9.96. The molecule has 1 N–H and O–H groups in total.